The summed E-state index contributed by atoms with van der Waals surface area (Å²) in [7, 11) is 0. The van der Waals surface area contributed by atoms with Crippen molar-refractivity contribution >= 4 is 17.2 Å². The second-order valence-corrected chi connectivity index (χ2v) is 7.15. The summed E-state index contributed by atoms with van der Waals surface area (Å²) in [6.45, 7) is 5.49. The van der Waals surface area contributed by atoms with E-state index in [9.17, 15) is 4.79 Å². The maximum Gasteiger partial charge on any atom is 0.234 e. The highest BCUT2D eigenvalue weighted by molar-refractivity contribution is 7.07. The van der Waals surface area contributed by atoms with Crippen molar-refractivity contribution in [1.29, 1.82) is 0 Å². The minimum absolute atomic E-state index is 0.208. The number of nitrogens with one attached hydrogen (secondary N) is 1. The lowest BCUT2D eigenvalue weighted by atomic mass is 9.95. The molecule has 122 valence electrons. The van der Waals surface area contributed by atoms with Gasteiger partial charge < -0.3 is 5.32 Å². The molecule has 0 radical (unpaired) electrons. The number of carbonyl (C=O) groups excluding carboxylic acids is 1. The molecular weight excluding hydrogens is 296 g/mol. The van der Waals surface area contributed by atoms with Gasteiger partial charge in [-0.3, -0.25) is 14.6 Å². The van der Waals surface area contributed by atoms with Crippen molar-refractivity contribution < 1.29 is 4.79 Å². The number of nitrogens with zero attached hydrogens (tertiary/aromatic N) is 3. The number of carbonyl (C=O) groups is 1. The van der Waals surface area contributed by atoms with E-state index in [4.69, 9.17) is 0 Å². The van der Waals surface area contributed by atoms with Gasteiger partial charge in [0.05, 0.1) is 17.7 Å². The van der Waals surface area contributed by atoms with Gasteiger partial charge in [0.2, 0.25) is 5.91 Å². The molecule has 1 aliphatic carbocycles. The highest BCUT2D eigenvalue weighted by Crippen LogP contribution is 2.17. The molecule has 2 fully saturated rings. The van der Waals surface area contributed by atoms with Gasteiger partial charge in [-0.1, -0.05) is 19.3 Å². The fourth-order valence-corrected chi connectivity index (χ4v) is 3.92. The van der Waals surface area contributed by atoms with Gasteiger partial charge in [0.1, 0.15) is 0 Å². The van der Waals surface area contributed by atoms with Crippen molar-refractivity contribution in [1.82, 2.24) is 20.1 Å². The normalized spacial score (nSPS) is 21.8. The first-order chi connectivity index (χ1) is 10.8. The lowest BCUT2D eigenvalue weighted by Crippen LogP contribution is -2.50. The van der Waals surface area contributed by atoms with Gasteiger partial charge in [-0.25, -0.2) is 4.98 Å². The van der Waals surface area contributed by atoms with Crippen molar-refractivity contribution in [3.8, 4) is 0 Å². The van der Waals surface area contributed by atoms with Crippen LogP contribution >= 0.6 is 11.3 Å². The summed E-state index contributed by atoms with van der Waals surface area (Å²) >= 11 is 1.65. The Morgan fingerprint density at radius 3 is 2.59 bits per heavy atom. The van der Waals surface area contributed by atoms with Gasteiger partial charge in [0.15, 0.2) is 0 Å². The van der Waals surface area contributed by atoms with Gasteiger partial charge in [-0.05, 0) is 12.8 Å². The van der Waals surface area contributed by atoms with E-state index in [1.807, 2.05) is 5.51 Å². The summed E-state index contributed by atoms with van der Waals surface area (Å²) in [6.07, 6.45) is 6.17. The predicted octanol–water partition coefficient (Wildman–Crippen LogP) is 1.71. The van der Waals surface area contributed by atoms with Gasteiger partial charge in [-0.2, -0.15) is 0 Å². The number of piperazine rings is 1. The second-order valence-electron chi connectivity index (χ2n) is 6.43. The number of aromatic nitrogens is 1. The zero-order valence-corrected chi connectivity index (χ0v) is 14.0. The SMILES string of the molecule is O=C(CN1CCN(Cc2cscn2)CC1)NC1CCCCC1. The van der Waals surface area contributed by atoms with E-state index in [0.717, 1.165) is 51.3 Å². The van der Waals surface area contributed by atoms with Crippen molar-refractivity contribution in [2.75, 3.05) is 32.7 Å². The van der Waals surface area contributed by atoms with Crippen molar-refractivity contribution in [2.45, 2.75) is 44.7 Å². The van der Waals surface area contributed by atoms with E-state index in [1.54, 1.807) is 11.3 Å². The summed E-state index contributed by atoms with van der Waals surface area (Å²) in [4.78, 5) is 21.2. The first-order valence-electron chi connectivity index (χ1n) is 8.41. The molecule has 6 heteroatoms. The lowest BCUT2D eigenvalue weighted by Gasteiger charge is -2.34. The Labute approximate surface area is 136 Å². The quantitative estimate of drug-likeness (QED) is 0.896. The van der Waals surface area contributed by atoms with E-state index in [0.29, 0.717) is 12.6 Å². The molecule has 22 heavy (non-hydrogen) atoms. The van der Waals surface area contributed by atoms with Gasteiger partial charge >= 0.3 is 0 Å². The molecule has 1 aromatic rings. The monoisotopic (exact) mass is 322 g/mol. The van der Waals surface area contributed by atoms with Crippen LogP contribution in [0.4, 0.5) is 0 Å². The molecule has 0 aromatic carbocycles. The Hall–Kier alpha value is -0.980. The van der Waals surface area contributed by atoms with Crippen LogP contribution in [-0.4, -0.2) is 59.5 Å². The van der Waals surface area contributed by atoms with Crippen LogP contribution in [0.1, 0.15) is 37.8 Å². The van der Waals surface area contributed by atoms with E-state index >= 15 is 0 Å². The zero-order valence-electron chi connectivity index (χ0n) is 13.2. The fourth-order valence-electron chi connectivity index (χ4n) is 3.37. The van der Waals surface area contributed by atoms with Crippen molar-refractivity contribution in [3.05, 3.63) is 16.6 Å². The molecule has 2 heterocycles. The molecule has 0 bridgehead atoms. The summed E-state index contributed by atoms with van der Waals surface area (Å²) in [5, 5.41) is 5.33. The van der Waals surface area contributed by atoms with Gasteiger partial charge in [0.25, 0.3) is 0 Å². The first kappa shape index (κ1) is 15.9. The van der Waals surface area contributed by atoms with Crippen LogP contribution in [-0.2, 0) is 11.3 Å². The minimum atomic E-state index is 0.208. The number of hydrogen-bond donors (Lipinski definition) is 1. The van der Waals surface area contributed by atoms with E-state index in [1.165, 1.54) is 19.3 Å². The minimum Gasteiger partial charge on any atom is -0.352 e. The molecule has 0 unspecified atom stereocenters. The third-order valence-corrected chi connectivity index (χ3v) is 5.31. The van der Waals surface area contributed by atoms with Crippen LogP contribution < -0.4 is 5.32 Å². The molecule has 0 atom stereocenters. The van der Waals surface area contributed by atoms with Crippen molar-refractivity contribution in [3.63, 3.8) is 0 Å². The number of thiazole rings is 1. The zero-order chi connectivity index (χ0) is 15.2. The number of amides is 1. The predicted molar refractivity (Wildman–Crippen MR) is 88.8 cm³/mol. The average Bonchev–Trinajstić information content (AvgIpc) is 3.03. The molecule has 1 saturated carbocycles. The summed E-state index contributed by atoms with van der Waals surface area (Å²) < 4.78 is 0. The second kappa shape index (κ2) is 8.04. The molecule has 2 aliphatic rings. The van der Waals surface area contributed by atoms with Crippen LogP contribution in [0.2, 0.25) is 0 Å². The lowest BCUT2D eigenvalue weighted by molar-refractivity contribution is -0.123. The third-order valence-electron chi connectivity index (χ3n) is 4.67. The maximum atomic E-state index is 12.1. The molecule has 0 spiro atoms. The molecule has 1 N–H and O–H groups in total. The average molecular weight is 322 g/mol. The summed E-state index contributed by atoms with van der Waals surface area (Å²) in [6, 6.07) is 0.423. The highest BCUT2D eigenvalue weighted by atomic mass is 32.1. The van der Waals surface area contributed by atoms with Crippen molar-refractivity contribution in [2.24, 2.45) is 0 Å². The van der Waals surface area contributed by atoms with Crippen LogP contribution in [0.25, 0.3) is 0 Å². The molecule has 1 aromatic heterocycles. The first-order valence-corrected chi connectivity index (χ1v) is 9.35. The summed E-state index contributed by atoms with van der Waals surface area (Å²) in [5.74, 6) is 0.208. The van der Waals surface area contributed by atoms with E-state index in [2.05, 4.69) is 25.5 Å². The number of rotatable bonds is 5. The van der Waals surface area contributed by atoms with Gasteiger partial charge in [-0.15, -0.1) is 11.3 Å². The Kier molecular flexibility index (Phi) is 5.81. The van der Waals surface area contributed by atoms with E-state index in [-0.39, 0.29) is 5.91 Å². The molecule has 5 nitrogen and oxygen atoms in total. The largest absolute Gasteiger partial charge is 0.352 e. The molecule has 1 aliphatic heterocycles. The summed E-state index contributed by atoms with van der Waals surface area (Å²) in [5.41, 5.74) is 3.05. The smallest absolute Gasteiger partial charge is 0.234 e. The molecule has 1 amide bonds. The Balaban J connectivity index is 1.35. The van der Waals surface area contributed by atoms with Crippen LogP contribution in [0, 0.1) is 0 Å². The molecule has 3 rings (SSSR count). The van der Waals surface area contributed by atoms with Crippen LogP contribution in [0.15, 0.2) is 10.9 Å². The topological polar surface area (TPSA) is 48.5 Å². The Morgan fingerprint density at radius 1 is 1.18 bits per heavy atom. The maximum absolute atomic E-state index is 12.1. The van der Waals surface area contributed by atoms with Crippen LogP contribution in [0.5, 0.6) is 0 Å². The number of hydrogen-bond acceptors (Lipinski definition) is 5. The molecular formula is C16H26N4OS. The molecule has 1 saturated heterocycles. The Bertz CT molecular complexity index is 451. The van der Waals surface area contributed by atoms with Crippen LogP contribution in [0.3, 0.4) is 0 Å². The standard InChI is InChI=1S/C16H26N4OS/c21-16(18-14-4-2-1-3-5-14)11-20-8-6-19(7-9-20)10-15-12-22-13-17-15/h12-14H,1-11H2,(H,18,21). The Morgan fingerprint density at radius 2 is 1.91 bits per heavy atom. The third kappa shape index (κ3) is 4.76. The van der Waals surface area contributed by atoms with Gasteiger partial charge in [0, 0.05) is 44.1 Å². The fraction of sp³-hybridized carbons (Fsp3) is 0.750. The highest BCUT2D eigenvalue weighted by Gasteiger charge is 2.21. The van der Waals surface area contributed by atoms with E-state index < -0.39 is 0 Å².